The van der Waals surface area contributed by atoms with Crippen LogP contribution in [0.25, 0.3) is 0 Å². The molecule has 28 heavy (non-hydrogen) atoms. The highest BCUT2D eigenvalue weighted by Crippen LogP contribution is 2.25. The summed E-state index contributed by atoms with van der Waals surface area (Å²) in [7, 11) is 5.37. The maximum absolute atomic E-state index is 5.51. The second kappa shape index (κ2) is 12.1. The Hall–Kier alpha value is -1.55. The zero-order valence-corrected chi connectivity index (χ0v) is 20.7. The number of methoxy groups -OCH3 is 2. The van der Waals surface area contributed by atoms with Gasteiger partial charge in [0.05, 0.1) is 24.9 Å². The van der Waals surface area contributed by atoms with Crippen molar-refractivity contribution in [1.29, 1.82) is 0 Å². The average Bonchev–Trinajstić information content (AvgIpc) is 2.98. The number of guanidine groups is 1. The van der Waals surface area contributed by atoms with E-state index in [1.165, 1.54) is 4.88 Å². The van der Waals surface area contributed by atoms with E-state index in [4.69, 9.17) is 14.5 Å². The van der Waals surface area contributed by atoms with Gasteiger partial charge in [-0.25, -0.2) is 4.98 Å². The molecule has 1 N–H and O–H groups in total. The number of aliphatic imine (C=N–C) groups is 1. The Bertz CT molecular complexity index is 780. The highest BCUT2D eigenvalue weighted by atomic mass is 127. The van der Waals surface area contributed by atoms with Crippen LogP contribution >= 0.6 is 35.3 Å². The number of halogens is 1. The highest BCUT2D eigenvalue weighted by Gasteiger charge is 2.12. The van der Waals surface area contributed by atoms with Gasteiger partial charge in [0, 0.05) is 49.6 Å². The molecule has 0 unspecified atom stereocenters. The molecule has 0 aliphatic heterocycles. The zero-order valence-electron chi connectivity index (χ0n) is 17.5. The number of aryl methyl sites for hydroxylation is 2. The summed E-state index contributed by atoms with van der Waals surface area (Å²) in [5, 5.41) is 4.48. The van der Waals surface area contributed by atoms with Gasteiger partial charge in [-0.15, -0.1) is 35.3 Å². The number of rotatable bonds is 8. The Morgan fingerprint density at radius 2 is 2.00 bits per heavy atom. The lowest BCUT2D eigenvalue weighted by molar-refractivity contribution is 0.382. The molecule has 1 aromatic carbocycles. The van der Waals surface area contributed by atoms with Gasteiger partial charge in [-0.3, -0.25) is 4.99 Å². The number of nitrogens with one attached hydrogen (secondary N) is 1. The fraction of sp³-hybridized carbons (Fsp3) is 0.500. The minimum absolute atomic E-state index is 0. The van der Waals surface area contributed by atoms with Crippen LogP contribution in [-0.4, -0.2) is 50.2 Å². The van der Waals surface area contributed by atoms with E-state index >= 15 is 0 Å². The maximum Gasteiger partial charge on any atom is 0.193 e. The van der Waals surface area contributed by atoms with E-state index in [-0.39, 0.29) is 24.0 Å². The molecular weight excluding hydrogens is 487 g/mol. The molecule has 0 saturated heterocycles. The summed E-state index contributed by atoms with van der Waals surface area (Å²) < 4.78 is 10.8. The van der Waals surface area contributed by atoms with Crippen LogP contribution < -0.4 is 14.8 Å². The lowest BCUT2D eigenvalue weighted by atomic mass is 10.2. The molecule has 0 saturated carbocycles. The Morgan fingerprint density at radius 1 is 1.25 bits per heavy atom. The summed E-state index contributed by atoms with van der Waals surface area (Å²) in [6.45, 7) is 8.43. The summed E-state index contributed by atoms with van der Waals surface area (Å²) >= 11 is 1.76. The van der Waals surface area contributed by atoms with Crippen LogP contribution in [0.5, 0.6) is 11.5 Å². The van der Waals surface area contributed by atoms with E-state index in [1.807, 2.05) is 32.2 Å². The van der Waals surface area contributed by atoms with Gasteiger partial charge < -0.3 is 19.7 Å². The van der Waals surface area contributed by atoms with Gasteiger partial charge in [-0.1, -0.05) is 0 Å². The Labute approximate surface area is 189 Å². The van der Waals surface area contributed by atoms with Gasteiger partial charge in [0.2, 0.25) is 0 Å². The minimum atomic E-state index is 0. The number of aromatic nitrogens is 1. The van der Waals surface area contributed by atoms with Crippen LogP contribution in [0.3, 0.4) is 0 Å². The van der Waals surface area contributed by atoms with Crippen molar-refractivity contribution in [2.45, 2.75) is 33.7 Å². The molecule has 6 nitrogen and oxygen atoms in total. The predicted molar refractivity (Wildman–Crippen MR) is 128 cm³/mol. The van der Waals surface area contributed by atoms with Gasteiger partial charge in [0.25, 0.3) is 0 Å². The minimum Gasteiger partial charge on any atom is -0.497 e. The van der Waals surface area contributed by atoms with Crippen LogP contribution in [0.1, 0.15) is 28.1 Å². The van der Waals surface area contributed by atoms with Crippen LogP contribution in [-0.2, 0) is 13.0 Å². The SMILES string of the molecule is CCNC(=NCCc1sc(C)nc1C)N(C)Cc1ccc(OC)cc1OC.I. The number of benzene rings is 1. The lowest BCUT2D eigenvalue weighted by Crippen LogP contribution is -2.38. The molecular formula is C20H31IN4O2S. The molecule has 0 radical (unpaired) electrons. The summed E-state index contributed by atoms with van der Waals surface area (Å²) in [6, 6.07) is 5.88. The van der Waals surface area contributed by atoms with E-state index in [2.05, 4.69) is 29.0 Å². The molecule has 0 atom stereocenters. The third kappa shape index (κ3) is 6.80. The fourth-order valence-electron chi connectivity index (χ4n) is 2.85. The molecule has 0 bridgehead atoms. The molecule has 2 aromatic rings. The van der Waals surface area contributed by atoms with E-state index < -0.39 is 0 Å². The van der Waals surface area contributed by atoms with Crippen molar-refractivity contribution in [2.24, 2.45) is 4.99 Å². The van der Waals surface area contributed by atoms with Crippen LogP contribution in [0.2, 0.25) is 0 Å². The smallest absolute Gasteiger partial charge is 0.193 e. The number of hydrogen-bond donors (Lipinski definition) is 1. The Kier molecular flexibility index (Phi) is 10.6. The number of ether oxygens (including phenoxy) is 2. The van der Waals surface area contributed by atoms with Crippen molar-refractivity contribution in [1.82, 2.24) is 15.2 Å². The van der Waals surface area contributed by atoms with Crippen molar-refractivity contribution in [3.8, 4) is 11.5 Å². The van der Waals surface area contributed by atoms with E-state index in [0.29, 0.717) is 6.54 Å². The van der Waals surface area contributed by atoms with Crippen molar-refractivity contribution < 1.29 is 9.47 Å². The molecule has 1 aromatic heterocycles. The molecule has 0 fully saturated rings. The third-order valence-corrected chi connectivity index (χ3v) is 5.33. The second-order valence-electron chi connectivity index (χ2n) is 6.26. The Balaban J connectivity index is 0.00000392. The average molecular weight is 518 g/mol. The molecule has 156 valence electrons. The lowest BCUT2D eigenvalue weighted by Gasteiger charge is -2.23. The van der Waals surface area contributed by atoms with E-state index in [9.17, 15) is 0 Å². The number of thiazole rings is 1. The third-order valence-electron chi connectivity index (χ3n) is 4.20. The molecule has 8 heteroatoms. The van der Waals surface area contributed by atoms with Crippen LogP contribution in [0.15, 0.2) is 23.2 Å². The molecule has 1 heterocycles. The molecule has 0 spiro atoms. The first-order valence-corrected chi connectivity index (χ1v) is 9.93. The van der Waals surface area contributed by atoms with Crippen LogP contribution in [0, 0.1) is 13.8 Å². The summed E-state index contributed by atoms with van der Waals surface area (Å²) in [4.78, 5) is 12.7. The highest BCUT2D eigenvalue weighted by molar-refractivity contribution is 14.0. The second-order valence-corrected chi connectivity index (χ2v) is 7.55. The van der Waals surface area contributed by atoms with Crippen molar-refractivity contribution in [3.05, 3.63) is 39.3 Å². The largest absolute Gasteiger partial charge is 0.497 e. The van der Waals surface area contributed by atoms with Gasteiger partial charge in [-0.2, -0.15) is 0 Å². The van der Waals surface area contributed by atoms with Crippen molar-refractivity contribution in [3.63, 3.8) is 0 Å². The topological polar surface area (TPSA) is 59.0 Å². The number of hydrogen-bond acceptors (Lipinski definition) is 5. The van der Waals surface area contributed by atoms with Crippen LogP contribution in [0.4, 0.5) is 0 Å². The first-order chi connectivity index (χ1) is 13.0. The first kappa shape index (κ1) is 24.5. The normalized spacial score (nSPS) is 11.0. The molecule has 0 aliphatic carbocycles. The van der Waals surface area contributed by atoms with Gasteiger partial charge in [0.1, 0.15) is 11.5 Å². The maximum atomic E-state index is 5.51. The standard InChI is InChI=1S/C20H30N4O2S.HI/c1-7-21-20(22-11-10-19-14(2)23-15(3)27-19)24(4)13-16-8-9-17(25-5)12-18(16)26-6;/h8-9,12H,7,10-11,13H2,1-6H3,(H,21,22);1H. The Morgan fingerprint density at radius 3 is 2.57 bits per heavy atom. The van der Waals surface area contributed by atoms with E-state index in [0.717, 1.165) is 53.2 Å². The fourth-order valence-corrected chi connectivity index (χ4v) is 3.78. The quantitative estimate of drug-likeness (QED) is 0.325. The first-order valence-electron chi connectivity index (χ1n) is 9.11. The number of nitrogens with zero attached hydrogens (tertiary/aromatic N) is 3. The molecule has 0 amide bonds. The van der Waals surface area contributed by atoms with Crippen molar-refractivity contribution in [2.75, 3.05) is 34.4 Å². The summed E-state index contributed by atoms with van der Waals surface area (Å²) in [6.07, 6.45) is 0.909. The summed E-state index contributed by atoms with van der Waals surface area (Å²) in [5.74, 6) is 2.48. The molecule has 0 aliphatic rings. The monoisotopic (exact) mass is 518 g/mol. The van der Waals surface area contributed by atoms with Crippen molar-refractivity contribution >= 4 is 41.3 Å². The van der Waals surface area contributed by atoms with Gasteiger partial charge in [0.15, 0.2) is 5.96 Å². The van der Waals surface area contributed by atoms with E-state index in [1.54, 1.807) is 25.6 Å². The van der Waals surface area contributed by atoms with Gasteiger partial charge >= 0.3 is 0 Å². The zero-order chi connectivity index (χ0) is 19.8. The summed E-state index contributed by atoms with van der Waals surface area (Å²) in [5.41, 5.74) is 2.20. The predicted octanol–water partition coefficient (Wildman–Crippen LogP) is 4.04. The molecule has 2 rings (SSSR count). The van der Waals surface area contributed by atoms with Gasteiger partial charge in [-0.05, 0) is 32.9 Å².